The van der Waals surface area contributed by atoms with Gasteiger partial charge in [0, 0.05) is 12.6 Å². The molecule has 1 heterocycles. The highest BCUT2D eigenvalue weighted by Crippen LogP contribution is 2.18. The Morgan fingerprint density at radius 2 is 1.89 bits per heavy atom. The van der Waals surface area contributed by atoms with Gasteiger partial charge in [-0.25, -0.2) is 4.98 Å². The standard InChI is InChI=1S/C15H18N2O/c1-2-11-16-12-13-7-6-10-15(17-13)18-14-8-4-3-5-9-14/h3-10,16H,2,11-12H2,1H3. The molecule has 0 fully saturated rings. The molecule has 0 unspecified atom stereocenters. The summed E-state index contributed by atoms with van der Waals surface area (Å²) in [4.78, 5) is 4.46. The van der Waals surface area contributed by atoms with Gasteiger partial charge in [0.25, 0.3) is 0 Å². The van der Waals surface area contributed by atoms with E-state index in [1.54, 1.807) is 0 Å². The Kier molecular flexibility index (Phi) is 4.73. The van der Waals surface area contributed by atoms with Gasteiger partial charge < -0.3 is 10.1 Å². The first-order valence-corrected chi connectivity index (χ1v) is 6.28. The van der Waals surface area contributed by atoms with Gasteiger partial charge in [-0.2, -0.15) is 0 Å². The minimum absolute atomic E-state index is 0.636. The van der Waals surface area contributed by atoms with E-state index in [2.05, 4.69) is 17.2 Å². The van der Waals surface area contributed by atoms with E-state index in [4.69, 9.17) is 4.74 Å². The molecule has 0 radical (unpaired) electrons. The topological polar surface area (TPSA) is 34.1 Å². The molecule has 0 saturated heterocycles. The Balaban J connectivity index is 1.99. The molecule has 1 aromatic heterocycles. The number of hydrogen-bond donors (Lipinski definition) is 1. The van der Waals surface area contributed by atoms with Gasteiger partial charge in [0.2, 0.25) is 5.88 Å². The van der Waals surface area contributed by atoms with Gasteiger partial charge in [-0.15, -0.1) is 0 Å². The zero-order valence-corrected chi connectivity index (χ0v) is 10.6. The van der Waals surface area contributed by atoms with E-state index in [1.807, 2.05) is 48.5 Å². The first kappa shape index (κ1) is 12.6. The number of ether oxygens (including phenoxy) is 1. The first-order chi connectivity index (χ1) is 8.88. The average Bonchev–Trinajstić information content (AvgIpc) is 2.41. The van der Waals surface area contributed by atoms with Crippen molar-refractivity contribution in [3.8, 4) is 11.6 Å². The fourth-order valence-corrected chi connectivity index (χ4v) is 1.62. The van der Waals surface area contributed by atoms with Crippen molar-refractivity contribution in [1.82, 2.24) is 10.3 Å². The fourth-order valence-electron chi connectivity index (χ4n) is 1.62. The summed E-state index contributed by atoms with van der Waals surface area (Å²) in [6.07, 6.45) is 1.13. The highest BCUT2D eigenvalue weighted by Gasteiger charge is 2.00. The largest absolute Gasteiger partial charge is 0.439 e. The number of para-hydroxylation sites is 1. The molecule has 0 amide bonds. The third-order valence-corrected chi connectivity index (χ3v) is 2.48. The van der Waals surface area contributed by atoms with E-state index >= 15 is 0 Å². The summed E-state index contributed by atoms with van der Waals surface area (Å²) >= 11 is 0. The van der Waals surface area contributed by atoms with Crippen LogP contribution in [0.15, 0.2) is 48.5 Å². The minimum atomic E-state index is 0.636. The Labute approximate surface area is 108 Å². The molecule has 0 bridgehead atoms. The molecule has 2 aromatic rings. The lowest BCUT2D eigenvalue weighted by Gasteiger charge is -2.07. The third-order valence-electron chi connectivity index (χ3n) is 2.48. The molecule has 2 rings (SSSR count). The Morgan fingerprint density at radius 1 is 1.06 bits per heavy atom. The number of benzene rings is 1. The second-order valence-electron chi connectivity index (χ2n) is 4.06. The number of nitrogens with zero attached hydrogens (tertiary/aromatic N) is 1. The van der Waals surface area contributed by atoms with Crippen LogP contribution in [0.1, 0.15) is 19.0 Å². The van der Waals surface area contributed by atoms with Gasteiger partial charge >= 0.3 is 0 Å². The van der Waals surface area contributed by atoms with Crippen molar-refractivity contribution in [2.75, 3.05) is 6.54 Å². The summed E-state index contributed by atoms with van der Waals surface area (Å²) < 4.78 is 5.69. The van der Waals surface area contributed by atoms with E-state index in [-0.39, 0.29) is 0 Å². The third kappa shape index (κ3) is 3.86. The number of nitrogens with one attached hydrogen (secondary N) is 1. The zero-order valence-electron chi connectivity index (χ0n) is 10.6. The summed E-state index contributed by atoms with van der Waals surface area (Å²) in [5.74, 6) is 1.45. The Hall–Kier alpha value is -1.87. The molecule has 0 aliphatic carbocycles. The quantitative estimate of drug-likeness (QED) is 0.788. The maximum atomic E-state index is 5.69. The second-order valence-corrected chi connectivity index (χ2v) is 4.06. The second kappa shape index (κ2) is 6.77. The van der Waals surface area contributed by atoms with Gasteiger partial charge in [-0.3, -0.25) is 0 Å². The Bertz CT molecular complexity index is 471. The molecule has 0 aliphatic heterocycles. The van der Waals surface area contributed by atoms with E-state index in [1.165, 1.54) is 0 Å². The molecule has 18 heavy (non-hydrogen) atoms. The SMILES string of the molecule is CCCNCc1cccc(Oc2ccccc2)n1. The van der Waals surface area contributed by atoms with E-state index in [9.17, 15) is 0 Å². The van der Waals surface area contributed by atoms with Gasteiger partial charge in [0.1, 0.15) is 5.75 Å². The van der Waals surface area contributed by atoms with E-state index < -0.39 is 0 Å². The Morgan fingerprint density at radius 3 is 2.67 bits per heavy atom. The van der Waals surface area contributed by atoms with Crippen molar-refractivity contribution in [3.05, 3.63) is 54.2 Å². The zero-order chi connectivity index (χ0) is 12.6. The summed E-state index contributed by atoms with van der Waals surface area (Å²) in [6, 6.07) is 15.5. The van der Waals surface area contributed by atoms with Crippen molar-refractivity contribution in [3.63, 3.8) is 0 Å². The van der Waals surface area contributed by atoms with Crippen molar-refractivity contribution in [1.29, 1.82) is 0 Å². The predicted molar refractivity (Wildman–Crippen MR) is 72.8 cm³/mol. The van der Waals surface area contributed by atoms with Crippen molar-refractivity contribution in [2.45, 2.75) is 19.9 Å². The molecule has 3 nitrogen and oxygen atoms in total. The highest BCUT2D eigenvalue weighted by molar-refractivity contribution is 5.27. The summed E-state index contributed by atoms with van der Waals surface area (Å²) in [5, 5.41) is 3.32. The van der Waals surface area contributed by atoms with Crippen molar-refractivity contribution in [2.24, 2.45) is 0 Å². The van der Waals surface area contributed by atoms with Gasteiger partial charge in [0.05, 0.1) is 5.69 Å². The summed E-state index contributed by atoms with van der Waals surface area (Å²) in [6.45, 7) is 3.93. The van der Waals surface area contributed by atoms with Gasteiger partial charge in [-0.05, 0) is 31.2 Å². The van der Waals surface area contributed by atoms with Crippen LogP contribution < -0.4 is 10.1 Å². The van der Waals surface area contributed by atoms with Crippen LogP contribution in [0.2, 0.25) is 0 Å². The molecular formula is C15H18N2O. The number of hydrogen-bond acceptors (Lipinski definition) is 3. The molecule has 1 aromatic carbocycles. The van der Waals surface area contributed by atoms with Crippen LogP contribution in [-0.2, 0) is 6.54 Å². The lowest BCUT2D eigenvalue weighted by molar-refractivity contribution is 0.459. The normalized spacial score (nSPS) is 10.3. The van der Waals surface area contributed by atoms with Gasteiger partial charge in [0.15, 0.2) is 0 Å². The monoisotopic (exact) mass is 242 g/mol. The molecule has 94 valence electrons. The van der Waals surface area contributed by atoms with Crippen LogP contribution in [0, 0.1) is 0 Å². The first-order valence-electron chi connectivity index (χ1n) is 6.28. The number of rotatable bonds is 6. The number of aromatic nitrogens is 1. The number of pyridine rings is 1. The van der Waals surface area contributed by atoms with Crippen LogP contribution in [0.3, 0.4) is 0 Å². The maximum Gasteiger partial charge on any atom is 0.219 e. The summed E-state index contributed by atoms with van der Waals surface area (Å²) in [5.41, 5.74) is 0.997. The van der Waals surface area contributed by atoms with Crippen LogP contribution in [0.5, 0.6) is 11.6 Å². The van der Waals surface area contributed by atoms with Crippen LogP contribution in [0.25, 0.3) is 0 Å². The lowest BCUT2D eigenvalue weighted by Crippen LogP contribution is -2.14. The predicted octanol–water partition coefficient (Wildman–Crippen LogP) is 3.37. The maximum absolute atomic E-state index is 5.69. The van der Waals surface area contributed by atoms with Crippen molar-refractivity contribution < 1.29 is 4.74 Å². The van der Waals surface area contributed by atoms with Crippen LogP contribution in [0.4, 0.5) is 0 Å². The molecule has 0 saturated carbocycles. The molecule has 0 aliphatic rings. The van der Waals surface area contributed by atoms with Gasteiger partial charge in [-0.1, -0.05) is 31.2 Å². The molecule has 3 heteroatoms. The molecular weight excluding hydrogens is 224 g/mol. The smallest absolute Gasteiger partial charge is 0.219 e. The highest BCUT2D eigenvalue weighted by atomic mass is 16.5. The minimum Gasteiger partial charge on any atom is -0.439 e. The average molecular weight is 242 g/mol. The van der Waals surface area contributed by atoms with E-state index in [0.717, 1.165) is 31.0 Å². The lowest BCUT2D eigenvalue weighted by atomic mass is 10.3. The summed E-state index contributed by atoms with van der Waals surface area (Å²) in [7, 11) is 0. The van der Waals surface area contributed by atoms with Crippen LogP contribution >= 0.6 is 0 Å². The molecule has 1 N–H and O–H groups in total. The molecule has 0 spiro atoms. The molecule has 0 atom stereocenters. The fraction of sp³-hybridized carbons (Fsp3) is 0.267. The van der Waals surface area contributed by atoms with E-state index in [0.29, 0.717) is 5.88 Å². The van der Waals surface area contributed by atoms with Crippen LogP contribution in [-0.4, -0.2) is 11.5 Å². The van der Waals surface area contributed by atoms with Crippen molar-refractivity contribution >= 4 is 0 Å².